The average Bonchev–Trinajstić information content (AvgIpc) is 1.65. The van der Waals surface area contributed by atoms with Crippen molar-refractivity contribution in [3.05, 3.63) is 5.38 Å². The molecule has 0 N–H and O–H groups in total. The summed E-state index contributed by atoms with van der Waals surface area (Å²) in [7, 11) is 0. The van der Waals surface area contributed by atoms with Crippen LogP contribution in [0.15, 0.2) is 0 Å². The molecule has 0 spiro atoms. The summed E-state index contributed by atoms with van der Waals surface area (Å²) in [6, 6.07) is 0. The van der Waals surface area contributed by atoms with Crippen molar-refractivity contribution in [1.82, 2.24) is 0 Å². The van der Waals surface area contributed by atoms with Crippen LogP contribution in [-0.4, -0.2) is 9.62 Å². The molecule has 0 atom stereocenters. The first-order valence-electron chi connectivity index (χ1n) is 1.53. The van der Waals surface area contributed by atoms with Gasteiger partial charge in [0.25, 0.3) is 0 Å². The van der Waals surface area contributed by atoms with E-state index in [2.05, 4.69) is 31.9 Å². The standard InChI is InChI=1S/C3H3Br2Cl2/c4-3(5)2(7)1-6/h3H,1H2. The molecular formula is C3H3Br2Cl2. The molecule has 0 saturated carbocycles. The van der Waals surface area contributed by atoms with Gasteiger partial charge in [0.15, 0.2) is 0 Å². The Hall–Kier alpha value is 1.54. The van der Waals surface area contributed by atoms with Crippen LogP contribution in [0.2, 0.25) is 0 Å². The Balaban J connectivity index is 3.14. The molecule has 0 bridgehead atoms. The second-order valence-electron chi connectivity index (χ2n) is 0.881. The lowest BCUT2D eigenvalue weighted by Gasteiger charge is -2.01. The van der Waals surface area contributed by atoms with Crippen LogP contribution in [0.5, 0.6) is 0 Å². The molecular weight excluding hydrogens is 267 g/mol. The van der Waals surface area contributed by atoms with Crippen molar-refractivity contribution in [2.75, 3.05) is 5.88 Å². The Morgan fingerprint density at radius 2 is 2.00 bits per heavy atom. The molecule has 0 aromatic carbocycles. The summed E-state index contributed by atoms with van der Waals surface area (Å²) in [5.74, 6) is 0.378. The fraction of sp³-hybridized carbons (Fsp3) is 0.667. The third-order valence-electron chi connectivity index (χ3n) is 0.364. The molecule has 0 aromatic rings. The van der Waals surface area contributed by atoms with E-state index in [-0.39, 0.29) is 3.74 Å². The summed E-state index contributed by atoms with van der Waals surface area (Å²) < 4.78 is 0.0409. The molecule has 0 aliphatic carbocycles. The third kappa shape index (κ3) is 4.07. The highest BCUT2D eigenvalue weighted by molar-refractivity contribution is 9.24. The zero-order valence-corrected chi connectivity index (χ0v) is 7.98. The maximum Gasteiger partial charge on any atom is 0.102 e. The van der Waals surface area contributed by atoms with Gasteiger partial charge in [0.05, 0.1) is 3.74 Å². The fourth-order valence-corrected chi connectivity index (χ4v) is 0.909. The van der Waals surface area contributed by atoms with E-state index in [1.165, 1.54) is 0 Å². The summed E-state index contributed by atoms with van der Waals surface area (Å²) in [6.45, 7) is 0. The minimum atomic E-state index is 0.0409. The summed E-state index contributed by atoms with van der Waals surface area (Å²) in [4.78, 5) is 0. The first-order chi connectivity index (χ1) is 3.18. The number of halogens is 4. The van der Waals surface area contributed by atoms with E-state index in [4.69, 9.17) is 23.2 Å². The van der Waals surface area contributed by atoms with Crippen LogP contribution >= 0.6 is 55.1 Å². The lowest BCUT2D eigenvalue weighted by Crippen LogP contribution is -1.97. The number of rotatable bonds is 2. The Kier molecular flexibility index (Phi) is 5.39. The normalized spacial score (nSPS) is 11.1. The van der Waals surface area contributed by atoms with Crippen LogP contribution in [0.3, 0.4) is 0 Å². The summed E-state index contributed by atoms with van der Waals surface area (Å²) >= 11 is 17.1. The maximum atomic E-state index is 5.49. The zero-order valence-electron chi connectivity index (χ0n) is 3.30. The first kappa shape index (κ1) is 8.54. The predicted molar refractivity (Wildman–Crippen MR) is 41.5 cm³/mol. The average molecular weight is 270 g/mol. The molecule has 0 fully saturated rings. The Morgan fingerprint density at radius 1 is 1.57 bits per heavy atom. The Morgan fingerprint density at radius 3 is 2.00 bits per heavy atom. The van der Waals surface area contributed by atoms with Gasteiger partial charge in [-0.25, -0.2) is 0 Å². The molecule has 7 heavy (non-hydrogen) atoms. The van der Waals surface area contributed by atoms with Gasteiger partial charge in [-0.3, -0.25) is 0 Å². The minimum absolute atomic E-state index is 0.0409. The summed E-state index contributed by atoms with van der Waals surface area (Å²) in [5.41, 5.74) is 0. The van der Waals surface area contributed by atoms with Crippen molar-refractivity contribution in [1.29, 1.82) is 0 Å². The summed E-state index contributed by atoms with van der Waals surface area (Å²) in [5, 5.41) is 0.668. The second kappa shape index (κ2) is 4.42. The van der Waals surface area contributed by atoms with Crippen LogP contribution in [0.4, 0.5) is 0 Å². The molecule has 0 heterocycles. The lowest BCUT2D eigenvalue weighted by molar-refractivity contribution is 1.32. The smallest absolute Gasteiger partial charge is 0.102 e. The van der Waals surface area contributed by atoms with Gasteiger partial charge in [0.1, 0.15) is 5.38 Å². The van der Waals surface area contributed by atoms with E-state index in [1.54, 1.807) is 0 Å². The van der Waals surface area contributed by atoms with Crippen molar-refractivity contribution in [3.8, 4) is 0 Å². The van der Waals surface area contributed by atoms with Crippen LogP contribution in [0.1, 0.15) is 0 Å². The van der Waals surface area contributed by atoms with Gasteiger partial charge in [-0.2, -0.15) is 0 Å². The van der Waals surface area contributed by atoms with E-state index in [0.717, 1.165) is 0 Å². The predicted octanol–water partition coefficient (Wildman–Crippen LogP) is 3.11. The van der Waals surface area contributed by atoms with Gasteiger partial charge in [0.2, 0.25) is 0 Å². The number of hydrogen-bond acceptors (Lipinski definition) is 0. The van der Waals surface area contributed by atoms with Gasteiger partial charge in [-0.05, 0) is 0 Å². The van der Waals surface area contributed by atoms with E-state index >= 15 is 0 Å². The molecule has 4 heteroatoms. The molecule has 1 radical (unpaired) electrons. The van der Waals surface area contributed by atoms with Crippen molar-refractivity contribution in [2.45, 2.75) is 3.74 Å². The zero-order chi connectivity index (χ0) is 5.86. The molecule has 0 aliphatic heterocycles. The number of hydrogen-bond donors (Lipinski definition) is 0. The highest BCUT2D eigenvalue weighted by Crippen LogP contribution is 2.25. The number of alkyl halides is 3. The molecule has 0 nitrogen and oxygen atoms in total. The van der Waals surface area contributed by atoms with Crippen LogP contribution < -0.4 is 0 Å². The van der Waals surface area contributed by atoms with Gasteiger partial charge < -0.3 is 0 Å². The van der Waals surface area contributed by atoms with E-state index < -0.39 is 0 Å². The van der Waals surface area contributed by atoms with Crippen LogP contribution in [0, 0.1) is 5.38 Å². The van der Waals surface area contributed by atoms with Gasteiger partial charge in [-0.1, -0.05) is 31.9 Å². The summed E-state index contributed by atoms with van der Waals surface area (Å²) in [6.07, 6.45) is 0. The molecule has 0 unspecified atom stereocenters. The van der Waals surface area contributed by atoms with Gasteiger partial charge >= 0.3 is 0 Å². The largest absolute Gasteiger partial charge is 0.125 e. The molecule has 0 amide bonds. The molecule has 0 rings (SSSR count). The topological polar surface area (TPSA) is 0 Å². The van der Waals surface area contributed by atoms with Crippen LogP contribution in [0.25, 0.3) is 0 Å². The first-order valence-corrected chi connectivity index (χ1v) is 4.28. The van der Waals surface area contributed by atoms with Crippen molar-refractivity contribution >= 4 is 55.1 Å². The fourth-order valence-electron chi connectivity index (χ4n) is 0.0583. The maximum absolute atomic E-state index is 5.49. The van der Waals surface area contributed by atoms with E-state index in [1.807, 2.05) is 0 Å². The minimum Gasteiger partial charge on any atom is -0.125 e. The quantitative estimate of drug-likeness (QED) is 0.676. The van der Waals surface area contributed by atoms with Crippen molar-refractivity contribution in [2.24, 2.45) is 0 Å². The highest BCUT2D eigenvalue weighted by atomic mass is 79.9. The Labute approximate surface area is 69.8 Å². The van der Waals surface area contributed by atoms with Crippen molar-refractivity contribution < 1.29 is 0 Å². The van der Waals surface area contributed by atoms with E-state index in [0.29, 0.717) is 11.3 Å². The molecule has 0 aliphatic rings. The molecule has 0 saturated heterocycles. The lowest BCUT2D eigenvalue weighted by atomic mass is 10.6. The van der Waals surface area contributed by atoms with Gasteiger partial charge in [-0.15, -0.1) is 23.2 Å². The second-order valence-corrected chi connectivity index (χ2v) is 4.69. The third-order valence-corrected chi connectivity index (χ3v) is 2.77. The van der Waals surface area contributed by atoms with Gasteiger partial charge in [0, 0.05) is 5.88 Å². The SMILES string of the molecule is ClC[C](Cl)C(Br)Br. The molecule has 43 valence electrons. The van der Waals surface area contributed by atoms with Crippen LogP contribution in [-0.2, 0) is 0 Å². The van der Waals surface area contributed by atoms with E-state index in [9.17, 15) is 0 Å². The monoisotopic (exact) mass is 267 g/mol. The highest BCUT2D eigenvalue weighted by Gasteiger charge is 2.10. The van der Waals surface area contributed by atoms with Crippen molar-refractivity contribution in [3.63, 3.8) is 0 Å². The Bertz CT molecular complexity index is 48.2. The molecule has 0 aromatic heterocycles.